The Morgan fingerprint density at radius 2 is 1.71 bits per heavy atom. The van der Waals surface area contributed by atoms with Crippen molar-refractivity contribution >= 4 is 11.9 Å². The Morgan fingerprint density at radius 3 is 1.82 bits per heavy atom. The number of carboxylic acid groups (broad SMARTS) is 2. The standard InChI is InChI=1S/C6H16N2.C4H6O5/c1-3-8(4-2)6-5-7;5-2(4(8)9)1-3(6)7/h3-7H2,1-2H3;2,5H,1H2,(H,6,7)(H,8,9). The average Bonchev–Trinajstić information content (AvgIpc) is 2.25. The molecule has 1 atom stereocenters. The van der Waals surface area contributed by atoms with Crippen molar-refractivity contribution in [3.63, 3.8) is 0 Å². The van der Waals surface area contributed by atoms with Crippen LogP contribution in [0.3, 0.4) is 0 Å². The summed E-state index contributed by atoms with van der Waals surface area (Å²) in [7, 11) is 0. The van der Waals surface area contributed by atoms with Crippen LogP contribution in [0.15, 0.2) is 0 Å². The van der Waals surface area contributed by atoms with Crippen LogP contribution < -0.4 is 5.73 Å². The van der Waals surface area contributed by atoms with E-state index >= 15 is 0 Å². The largest absolute Gasteiger partial charge is 0.481 e. The van der Waals surface area contributed by atoms with E-state index in [4.69, 9.17) is 21.1 Å². The highest BCUT2D eigenvalue weighted by Gasteiger charge is 2.16. The van der Waals surface area contributed by atoms with Crippen molar-refractivity contribution in [2.24, 2.45) is 5.73 Å². The summed E-state index contributed by atoms with van der Waals surface area (Å²) >= 11 is 0. The van der Waals surface area contributed by atoms with Crippen molar-refractivity contribution in [1.82, 2.24) is 4.90 Å². The molecule has 0 rings (SSSR count). The zero-order chi connectivity index (χ0) is 13.8. The molecule has 0 aromatic rings. The van der Waals surface area contributed by atoms with Gasteiger partial charge < -0.3 is 26.0 Å². The minimum absolute atomic E-state index is 0.755. The molecule has 7 heteroatoms. The number of hydrogen-bond acceptors (Lipinski definition) is 5. The van der Waals surface area contributed by atoms with Gasteiger partial charge in [0, 0.05) is 13.1 Å². The molecule has 1 unspecified atom stereocenters. The second kappa shape index (κ2) is 11.3. The van der Waals surface area contributed by atoms with E-state index in [1.54, 1.807) is 0 Å². The van der Waals surface area contributed by atoms with Gasteiger partial charge in [-0.25, -0.2) is 4.79 Å². The molecule has 0 radical (unpaired) electrons. The van der Waals surface area contributed by atoms with Crippen LogP contribution >= 0.6 is 0 Å². The Labute approximate surface area is 101 Å². The predicted octanol–water partition coefficient (Wildman–Crippen LogP) is -0.806. The fourth-order valence-corrected chi connectivity index (χ4v) is 0.975. The number of nitrogens with zero attached hydrogens (tertiary/aromatic N) is 1. The molecule has 0 amide bonds. The summed E-state index contributed by atoms with van der Waals surface area (Å²) in [4.78, 5) is 21.7. The van der Waals surface area contributed by atoms with Crippen LogP contribution in [-0.4, -0.2) is 64.4 Å². The second-order valence-corrected chi connectivity index (χ2v) is 3.27. The number of aliphatic hydroxyl groups is 1. The lowest BCUT2D eigenvalue weighted by molar-refractivity contribution is -0.152. The number of carbonyl (C=O) groups is 2. The van der Waals surface area contributed by atoms with Gasteiger partial charge in [0.05, 0.1) is 6.42 Å². The molecule has 0 saturated carbocycles. The zero-order valence-corrected chi connectivity index (χ0v) is 10.3. The molecule has 0 aliphatic heterocycles. The first kappa shape index (κ1) is 18.2. The predicted molar refractivity (Wildman–Crippen MR) is 62.7 cm³/mol. The van der Waals surface area contributed by atoms with Gasteiger partial charge in [0.15, 0.2) is 6.10 Å². The van der Waals surface area contributed by atoms with Crippen molar-refractivity contribution in [3.05, 3.63) is 0 Å². The van der Waals surface area contributed by atoms with Crippen LogP contribution in [0.5, 0.6) is 0 Å². The summed E-state index contributed by atoms with van der Waals surface area (Å²) in [5, 5.41) is 24.1. The van der Waals surface area contributed by atoms with Gasteiger partial charge in [-0.1, -0.05) is 13.8 Å². The highest BCUT2D eigenvalue weighted by molar-refractivity contribution is 5.79. The van der Waals surface area contributed by atoms with Gasteiger partial charge in [0.2, 0.25) is 0 Å². The third-order valence-corrected chi connectivity index (χ3v) is 1.99. The van der Waals surface area contributed by atoms with Gasteiger partial charge >= 0.3 is 11.9 Å². The highest BCUT2D eigenvalue weighted by atomic mass is 16.4. The summed E-state index contributed by atoms with van der Waals surface area (Å²) < 4.78 is 0. The minimum atomic E-state index is -1.79. The van der Waals surface area contributed by atoms with E-state index in [0.717, 1.165) is 26.2 Å². The molecule has 7 nitrogen and oxygen atoms in total. The van der Waals surface area contributed by atoms with Crippen molar-refractivity contribution in [1.29, 1.82) is 0 Å². The molecular weight excluding hydrogens is 228 g/mol. The van der Waals surface area contributed by atoms with Crippen LogP contribution in [0.1, 0.15) is 20.3 Å². The molecule has 0 aliphatic rings. The topological polar surface area (TPSA) is 124 Å². The fourth-order valence-electron chi connectivity index (χ4n) is 0.975. The van der Waals surface area contributed by atoms with Gasteiger partial charge in [-0.05, 0) is 13.1 Å². The fraction of sp³-hybridized carbons (Fsp3) is 0.800. The molecule has 0 saturated heterocycles. The Bertz CT molecular complexity index is 219. The lowest BCUT2D eigenvalue weighted by atomic mass is 10.3. The van der Waals surface area contributed by atoms with Crippen LogP contribution in [0.4, 0.5) is 0 Å². The van der Waals surface area contributed by atoms with Gasteiger partial charge in [-0.15, -0.1) is 0 Å². The van der Waals surface area contributed by atoms with E-state index in [0.29, 0.717) is 0 Å². The van der Waals surface area contributed by atoms with E-state index in [1.165, 1.54) is 0 Å². The number of aliphatic carboxylic acids is 2. The molecular formula is C10H22N2O5. The molecule has 0 aromatic heterocycles. The van der Waals surface area contributed by atoms with Gasteiger partial charge in [-0.2, -0.15) is 0 Å². The zero-order valence-electron chi connectivity index (χ0n) is 10.3. The number of likely N-dealkylation sites (N-methyl/N-ethyl adjacent to an activating group) is 1. The first-order valence-corrected chi connectivity index (χ1v) is 5.44. The van der Waals surface area contributed by atoms with E-state index in [1.807, 2.05) is 0 Å². The van der Waals surface area contributed by atoms with Crippen molar-refractivity contribution in [3.8, 4) is 0 Å². The second-order valence-electron chi connectivity index (χ2n) is 3.27. The molecule has 0 bridgehead atoms. The minimum Gasteiger partial charge on any atom is -0.481 e. The summed E-state index contributed by atoms with van der Waals surface area (Å²) in [5.74, 6) is -2.85. The maximum absolute atomic E-state index is 9.72. The first-order chi connectivity index (χ1) is 7.88. The number of rotatable bonds is 7. The summed E-state index contributed by atoms with van der Waals surface area (Å²) in [6.45, 7) is 8.36. The summed E-state index contributed by atoms with van der Waals surface area (Å²) in [6.07, 6.45) is -2.54. The Morgan fingerprint density at radius 1 is 1.24 bits per heavy atom. The Hall–Kier alpha value is -1.18. The normalized spacial score (nSPS) is 11.6. The first-order valence-electron chi connectivity index (χ1n) is 5.44. The number of aliphatic hydroxyl groups excluding tert-OH is 1. The molecule has 0 spiro atoms. The van der Waals surface area contributed by atoms with E-state index in [9.17, 15) is 9.59 Å². The number of hydrogen-bond donors (Lipinski definition) is 4. The SMILES string of the molecule is CCN(CC)CCN.O=C(O)CC(O)C(=O)O. The number of nitrogens with two attached hydrogens (primary N) is 1. The summed E-state index contributed by atoms with van der Waals surface area (Å²) in [5.41, 5.74) is 5.34. The lowest BCUT2D eigenvalue weighted by Gasteiger charge is -2.15. The third-order valence-electron chi connectivity index (χ3n) is 1.99. The maximum atomic E-state index is 9.72. The molecule has 17 heavy (non-hydrogen) atoms. The molecule has 0 heterocycles. The van der Waals surface area contributed by atoms with Gasteiger partial charge in [0.1, 0.15) is 0 Å². The van der Waals surface area contributed by atoms with E-state index < -0.39 is 24.5 Å². The van der Waals surface area contributed by atoms with Crippen LogP contribution in [-0.2, 0) is 9.59 Å². The molecule has 0 aliphatic carbocycles. The highest BCUT2D eigenvalue weighted by Crippen LogP contribution is 1.89. The number of carboxylic acids is 2. The van der Waals surface area contributed by atoms with E-state index in [-0.39, 0.29) is 0 Å². The van der Waals surface area contributed by atoms with Crippen LogP contribution in [0.2, 0.25) is 0 Å². The smallest absolute Gasteiger partial charge is 0.333 e. The van der Waals surface area contributed by atoms with Crippen molar-refractivity contribution < 1.29 is 24.9 Å². The Balaban J connectivity index is 0. The average molecular weight is 250 g/mol. The summed E-state index contributed by atoms with van der Waals surface area (Å²) in [6, 6.07) is 0. The molecule has 102 valence electrons. The Kier molecular flexibility index (Phi) is 12.1. The van der Waals surface area contributed by atoms with Crippen LogP contribution in [0.25, 0.3) is 0 Å². The monoisotopic (exact) mass is 250 g/mol. The molecule has 0 aromatic carbocycles. The molecule has 5 N–H and O–H groups in total. The van der Waals surface area contributed by atoms with Crippen molar-refractivity contribution in [2.45, 2.75) is 26.4 Å². The lowest BCUT2D eigenvalue weighted by Crippen LogP contribution is -2.28. The van der Waals surface area contributed by atoms with Crippen LogP contribution in [0, 0.1) is 0 Å². The van der Waals surface area contributed by atoms with Gasteiger partial charge in [0.25, 0.3) is 0 Å². The maximum Gasteiger partial charge on any atom is 0.333 e. The van der Waals surface area contributed by atoms with Gasteiger partial charge in [-0.3, -0.25) is 4.79 Å². The van der Waals surface area contributed by atoms with Crippen molar-refractivity contribution in [2.75, 3.05) is 26.2 Å². The third kappa shape index (κ3) is 12.8. The quantitative estimate of drug-likeness (QED) is 0.466. The molecule has 0 fully saturated rings. The van der Waals surface area contributed by atoms with E-state index in [2.05, 4.69) is 18.7 Å².